The second-order valence-electron chi connectivity index (χ2n) is 1.76. The van der Waals surface area contributed by atoms with Gasteiger partial charge in [-0.15, -0.1) is 0 Å². The van der Waals surface area contributed by atoms with E-state index in [1.807, 2.05) is 0 Å². The van der Waals surface area contributed by atoms with E-state index in [0.29, 0.717) is 0 Å². The van der Waals surface area contributed by atoms with Crippen LogP contribution >= 0.6 is 0 Å². The third kappa shape index (κ3) is 1.04. The van der Waals surface area contributed by atoms with Crippen molar-refractivity contribution in [2.75, 3.05) is 7.11 Å². The van der Waals surface area contributed by atoms with E-state index >= 15 is 0 Å². The normalized spacial score (nSPS) is 37.7. The molecule has 6 heteroatoms. The molecular formula is C3H9N4O2-. The molecule has 0 radical (unpaired) electrons. The first kappa shape index (κ1) is 6.87. The summed E-state index contributed by atoms with van der Waals surface area (Å²) >= 11 is 0. The van der Waals surface area contributed by atoms with Gasteiger partial charge in [-0.1, -0.05) is 5.17 Å². The Kier molecular flexibility index (Phi) is 1.66. The smallest absolute Gasteiger partial charge is 0.0861 e. The molecule has 0 aromatic rings. The van der Waals surface area contributed by atoms with E-state index < -0.39 is 5.85 Å². The number of nitrogens with one attached hydrogen (secondary N) is 1. The highest BCUT2D eigenvalue weighted by atomic mass is 16.9. The lowest BCUT2D eigenvalue weighted by Gasteiger charge is -2.35. The molecule has 1 fully saturated rings. The average molecular weight is 133 g/mol. The molecular weight excluding hydrogens is 124 g/mol. The predicted molar refractivity (Wildman–Crippen MR) is 29.0 cm³/mol. The van der Waals surface area contributed by atoms with Crippen molar-refractivity contribution in [1.82, 2.24) is 10.8 Å². The van der Waals surface area contributed by atoms with E-state index in [1.54, 1.807) is 6.92 Å². The van der Waals surface area contributed by atoms with E-state index in [-0.39, 0.29) is 0 Å². The lowest BCUT2D eigenvalue weighted by molar-refractivity contribution is -0.256. The second kappa shape index (κ2) is 2.18. The number of hydrogen-bond acceptors (Lipinski definition) is 5. The van der Waals surface area contributed by atoms with E-state index in [0.717, 1.165) is 5.17 Å². The monoisotopic (exact) mass is 133 g/mol. The Morgan fingerprint density at radius 1 is 1.89 bits per heavy atom. The van der Waals surface area contributed by atoms with Crippen molar-refractivity contribution >= 4 is 0 Å². The third-order valence-electron chi connectivity index (χ3n) is 1.19. The highest BCUT2D eigenvalue weighted by molar-refractivity contribution is 4.88. The topological polar surface area (TPSA) is 73.9 Å². The number of rotatable bonds is 1. The molecule has 1 saturated heterocycles. The molecule has 0 aliphatic carbocycles. The van der Waals surface area contributed by atoms with Crippen molar-refractivity contribution in [3.05, 3.63) is 5.43 Å². The van der Waals surface area contributed by atoms with Crippen molar-refractivity contribution < 1.29 is 9.68 Å². The summed E-state index contributed by atoms with van der Waals surface area (Å²) in [5, 5.41) is 0.979. The lowest BCUT2D eigenvalue weighted by atomic mass is 10.5. The van der Waals surface area contributed by atoms with Gasteiger partial charge in [-0.2, -0.15) is 0 Å². The van der Waals surface area contributed by atoms with E-state index in [1.165, 1.54) is 7.11 Å². The molecule has 3 N–H and O–H groups in total. The molecule has 1 heterocycles. The first-order valence-corrected chi connectivity index (χ1v) is 2.43. The summed E-state index contributed by atoms with van der Waals surface area (Å²) in [7, 11) is 1.49. The van der Waals surface area contributed by atoms with Crippen LogP contribution in [-0.2, 0) is 9.68 Å². The maximum Gasteiger partial charge on any atom is 0.0861 e. The number of nitrogens with two attached hydrogens (primary N) is 1. The minimum absolute atomic E-state index is 0.903. The van der Waals surface area contributed by atoms with Crippen LogP contribution in [0.2, 0.25) is 0 Å². The van der Waals surface area contributed by atoms with Gasteiger partial charge in [0, 0.05) is 7.11 Å². The Labute approximate surface area is 52.7 Å². The number of hydrazine groups is 1. The summed E-state index contributed by atoms with van der Waals surface area (Å²) in [5.74, 6) is 4.35. The van der Waals surface area contributed by atoms with Crippen LogP contribution in [0, 0.1) is 0 Å². The Bertz CT molecular complexity index is 110. The van der Waals surface area contributed by atoms with Gasteiger partial charge in [0.05, 0.1) is 5.85 Å². The van der Waals surface area contributed by atoms with Gasteiger partial charge < -0.3 is 10.2 Å². The third-order valence-corrected chi connectivity index (χ3v) is 1.19. The van der Waals surface area contributed by atoms with Crippen LogP contribution in [0.15, 0.2) is 0 Å². The lowest BCUT2D eigenvalue weighted by Crippen LogP contribution is -2.45. The number of nitrogens with zero attached hydrogens (tertiary/aromatic N) is 2. The highest BCUT2D eigenvalue weighted by Crippen LogP contribution is 2.22. The summed E-state index contributed by atoms with van der Waals surface area (Å²) in [5.41, 5.74) is 5.89. The van der Waals surface area contributed by atoms with Gasteiger partial charge in [-0.3, -0.25) is 5.59 Å². The summed E-state index contributed by atoms with van der Waals surface area (Å²) in [6.45, 7) is 1.66. The molecule has 54 valence electrons. The van der Waals surface area contributed by atoms with Crippen molar-refractivity contribution in [1.29, 1.82) is 0 Å². The molecule has 0 amide bonds. The second-order valence-corrected chi connectivity index (χ2v) is 1.76. The van der Waals surface area contributed by atoms with E-state index in [9.17, 15) is 0 Å². The molecule has 1 aliphatic heterocycles. The standard InChI is InChI=1S/C3H9N4O2/c1-3(8-2)5-6-9-7(3)4/h6H,4H2,1-2H3/q-1. The van der Waals surface area contributed by atoms with E-state index in [4.69, 9.17) is 10.6 Å². The van der Waals surface area contributed by atoms with Crippen LogP contribution < -0.4 is 11.4 Å². The van der Waals surface area contributed by atoms with Crippen molar-refractivity contribution in [2.24, 2.45) is 5.84 Å². The SMILES string of the molecule is COC1(C)[N-]NON1N. The maximum atomic E-state index is 5.25. The Hall–Kier alpha value is -0.240. The number of ether oxygens (including phenoxy) is 1. The van der Waals surface area contributed by atoms with Crippen LogP contribution in [0.25, 0.3) is 5.43 Å². The van der Waals surface area contributed by atoms with Gasteiger partial charge in [-0.25, -0.2) is 10.8 Å². The minimum atomic E-state index is -0.903. The highest BCUT2D eigenvalue weighted by Gasteiger charge is 2.25. The van der Waals surface area contributed by atoms with Crippen LogP contribution in [0.3, 0.4) is 0 Å². The summed E-state index contributed by atoms with van der Waals surface area (Å²) in [4.78, 5) is 4.53. The summed E-state index contributed by atoms with van der Waals surface area (Å²) in [6.07, 6.45) is 0. The van der Waals surface area contributed by atoms with E-state index in [2.05, 4.69) is 16.0 Å². The van der Waals surface area contributed by atoms with Gasteiger partial charge in [0.2, 0.25) is 0 Å². The fourth-order valence-electron chi connectivity index (χ4n) is 0.419. The molecule has 1 rings (SSSR count). The molecule has 9 heavy (non-hydrogen) atoms. The Morgan fingerprint density at radius 2 is 2.56 bits per heavy atom. The molecule has 6 nitrogen and oxygen atoms in total. The van der Waals surface area contributed by atoms with Crippen LogP contribution in [0.1, 0.15) is 6.92 Å². The Morgan fingerprint density at radius 3 is 2.78 bits per heavy atom. The van der Waals surface area contributed by atoms with Crippen molar-refractivity contribution in [3.63, 3.8) is 0 Å². The molecule has 0 saturated carbocycles. The molecule has 1 aliphatic rings. The van der Waals surface area contributed by atoms with Gasteiger partial charge in [0.1, 0.15) is 0 Å². The van der Waals surface area contributed by atoms with Crippen LogP contribution in [0.5, 0.6) is 0 Å². The largest absolute Gasteiger partial charge is 0.526 e. The zero-order valence-corrected chi connectivity index (χ0v) is 5.29. The Balaban J connectivity index is 2.56. The number of hydrogen-bond donors (Lipinski definition) is 2. The molecule has 1 atom stereocenters. The molecule has 0 bridgehead atoms. The van der Waals surface area contributed by atoms with Gasteiger partial charge in [0.15, 0.2) is 0 Å². The van der Waals surface area contributed by atoms with Crippen LogP contribution in [-0.4, -0.2) is 18.1 Å². The van der Waals surface area contributed by atoms with Gasteiger partial charge in [-0.05, 0) is 6.92 Å². The molecule has 0 aromatic carbocycles. The first-order chi connectivity index (χ1) is 4.19. The van der Waals surface area contributed by atoms with Gasteiger partial charge >= 0.3 is 0 Å². The van der Waals surface area contributed by atoms with Crippen molar-refractivity contribution in [2.45, 2.75) is 12.8 Å². The van der Waals surface area contributed by atoms with Crippen molar-refractivity contribution in [3.8, 4) is 0 Å². The fourth-order valence-corrected chi connectivity index (χ4v) is 0.419. The maximum absolute atomic E-state index is 5.25. The zero-order valence-electron chi connectivity index (χ0n) is 5.29. The zero-order chi connectivity index (χ0) is 6.91. The molecule has 0 spiro atoms. The minimum Gasteiger partial charge on any atom is -0.526 e. The summed E-state index contributed by atoms with van der Waals surface area (Å²) in [6, 6.07) is 0. The quantitative estimate of drug-likeness (QED) is 0.459. The average Bonchev–Trinajstić information content (AvgIpc) is 2.15. The summed E-state index contributed by atoms with van der Waals surface area (Å²) < 4.78 is 4.86. The predicted octanol–water partition coefficient (Wildman–Crippen LogP) is -0.779. The number of methoxy groups -OCH3 is 1. The molecule has 0 aromatic heterocycles. The van der Waals surface area contributed by atoms with Gasteiger partial charge in [0.25, 0.3) is 0 Å². The first-order valence-electron chi connectivity index (χ1n) is 2.43. The van der Waals surface area contributed by atoms with Crippen LogP contribution in [0.4, 0.5) is 0 Å². The molecule has 1 unspecified atom stereocenters. The number of hydroxylamine groups is 1. The fraction of sp³-hybridized carbons (Fsp3) is 1.00.